The van der Waals surface area contributed by atoms with Gasteiger partial charge in [0.1, 0.15) is 5.69 Å². The van der Waals surface area contributed by atoms with Gasteiger partial charge in [-0.2, -0.15) is 5.17 Å². The summed E-state index contributed by atoms with van der Waals surface area (Å²) in [6.45, 7) is 0. The van der Waals surface area contributed by atoms with Gasteiger partial charge in [-0.15, -0.1) is 0 Å². The summed E-state index contributed by atoms with van der Waals surface area (Å²) in [4.78, 5) is 3.70. The van der Waals surface area contributed by atoms with Crippen LogP contribution in [0.15, 0.2) is 18.3 Å². The van der Waals surface area contributed by atoms with Crippen LogP contribution >= 0.6 is 0 Å². The molecule has 0 unspecified atom stereocenters. The van der Waals surface area contributed by atoms with Crippen molar-refractivity contribution < 1.29 is 5.21 Å². The molecule has 5 N–H and O–H groups in total. The highest BCUT2D eigenvalue weighted by Gasteiger charge is 2.00. The molecule has 0 atom stereocenters. The maximum absolute atomic E-state index is 8.70. The Kier molecular flexibility index (Phi) is 1.70. The normalized spacial score (nSPS) is 9.40. The quantitative estimate of drug-likeness (QED) is 0.369. The van der Waals surface area contributed by atoms with Crippen LogP contribution in [0.4, 0.5) is 11.5 Å². The Bertz CT molecular complexity index is 225. The summed E-state index contributed by atoms with van der Waals surface area (Å²) in [5, 5.41) is 9.13. The minimum absolute atomic E-state index is 0.201. The maximum atomic E-state index is 8.70. The molecule has 1 rings (SSSR count). The fourth-order valence-electron chi connectivity index (χ4n) is 0.603. The van der Waals surface area contributed by atoms with E-state index in [9.17, 15) is 0 Å². The third-order valence-electron chi connectivity index (χ3n) is 1.06. The second kappa shape index (κ2) is 2.51. The zero-order chi connectivity index (χ0) is 7.56. The van der Waals surface area contributed by atoms with Crippen LogP contribution < -0.4 is 16.7 Å². The summed E-state index contributed by atoms with van der Waals surface area (Å²) in [7, 11) is 0. The zero-order valence-corrected chi connectivity index (χ0v) is 5.23. The van der Waals surface area contributed by atoms with Gasteiger partial charge in [0.05, 0.1) is 0 Å². The van der Waals surface area contributed by atoms with Gasteiger partial charge in [0, 0.05) is 6.20 Å². The highest BCUT2D eigenvalue weighted by Crippen LogP contribution is 2.14. The summed E-state index contributed by atoms with van der Waals surface area (Å²) in [5.41, 5.74) is 5.62. The molecule has 1 aromatic heterocycles. The van der Waals surface area contributed by atoms with Crippen molar-refractivity contribution in [2.75, 3.05) is 10.9 Å². The van der Waals surface area contributed by atoms with Crippen LogP contribution in [0, 0.1) is 0 Å². The number of hydrazine groups is 1. The second-order valence-corrected chi connectivity index (χ2v) is 1.75. The Morgan fingerprint density at radius 2 is 2.30 bits per heavy atom. The average molecular weight is 140 g/mol. The lowest BCUT2D eigenvalue weighted by Gasteiger charge is -2.09. The number of rotatable bonds is 1. The van der Waals surface area contributed by atoms with Crippen LogP contribution in [0.5, 0.6) is 0 Å². The van der Waals surface area contributed by atoms with Crippen LogP contribution in [0.3, 0.4) is 0 Å². The first-order valence-corrected chi connectivity index (χ1v) is 2.66. The van der Waals surface area contributed by atoms with Crippen molar-refractivity contribution in [3.63, 3.8) is 0 Å². The van der Waals surface area contributed by atoms with Crippen LogP contribution in [0.2, 0.25) is 0 Å². The molecule has 0 radical (unpaired) electrons. The van der Waals surface area contributed by atoms with Crippen LogP contribution in [-0.4, -0.2) is 10.2 Å². The Morgan fingerprint density at radius 1 is 1.60 bits per heavy atom. The lowest BCUT2D eigenvalue weighted by Crippen LogP contribution is -2.27. The predicted octanol–water partition coefficient (Wildman–Crippen LogP) is -0.267. The predicted molar refractivity (Wildman–Crippen MR) is 37.1 cm³/mol. The van der Waals surface area contributed by atoms with E-state index < -0.39 is 0 Å². The van der Waals surface area contributed by atoms with Gasteiger partial charge in [-0.25, -0.2) is 10.8 Å². The number of nitrogens with zero attached hydrogens (tertiary/aromatic N) is 2. The molecule has 5 heteroatoms. The van der Waals surface area contributed by atoms with Gasteiger partial charge in [0.15, 0.2) is 5.82 Å². The Hall–Kier alpha value is -1.33. The van der Waals surface area contributed by atoms with Gasteiger partial charge >= 0.3 is 0 Å². The molecular weight excluding hydrogens is 132 g/mol. The molecule has 0 amide bonds. The highest BCUT2D eigenvalue weighted by atomic mass is 16.5. The van der Waals surface area contributed by atoms with E-state index in [0.717, 1.165) is 0 Å². The number of aromatic nitrogens is 1. The summed E-state index contributed by atoms with van der Waals surface area (Å²) >= 11 is 0. The van der Waals surface area contributed by atoms with E-state index in [1.165, 1.54) is 6.20 Å². The third kappa shape index (κ3) is 1.15. The second-order valence-electron chi connectivity index (χ2n) is 1.75. The number of anilines is 2. The van der Waals surface area contributed by atoms with E-state index in [0.29, 0.717) is 10.9 Å². The first kappa shape index (κ1) is 6.79. The topological polar surface area (TPSA) is 88.4 Å². The van der Waals surface area contributed by atoms with E-state index >= 15 is 0 Å². The smallest absolute Gasteiger partial charge is 0.151 e. The molecule has 0 fully saturated rings. The monoisotopic (exact) mass is 140 g/mol. The Labute approximate surface area is 57.8 Å². The third-order valence-corrected chi connectivity index (χ3v) is 1.06. The van der Waals surface area contributed by atoms with E-state index in [1.807, 2.05) is 0 Å². The van der Waals surface area contributed by atoms with Crippen molar-refractivity contribution in [2.24, 2.45) is 5.84 Å². The Balaban J connectivity index is 3.03. The molecule has 0 saturated carbocycles. The average Bonchev–Trinajstić information content (AvgIpc) is 1.88. The van der Waals surface area contributed by atoms with Gasteiger partial charge < -0.3 is 5.73 Å². The van der Waals surface area contributed by atoms with Crippen molar-refractivity contribution in [1.29, 1.82) is 0 Å². The zero-order valence-electron chi connectivity index (χ0n) is 5.23. The van der Waals surface area contributed by atoms with E-state index in [4.69, 9.17) is 16.8 Å². The number of nitrogen functional groups attached to an aromatic ring is 1. The summed E-state index contributed by atoms with van der Waals surface area (Å²) in [6.07, 6.45) is 1.52. The van der Waals surface area contributed by atoms with Gasteiger partial charge in [0.2, 0.25) is 0 Å². The fraction of sp³-hybridized carbons (Fsp3) is 0. The van der Waals surface area contributed by atoms with Crippen molar-refractivity contribution in [2.45, 2.75) is 0 Å². The fourth-order valence-corrected chi connectivity index (χ4v) is 0.603. The molecule has 10 heavy (non-hydrogen) atoms. The maximum Gasteiger partial charge on any atom is 0.151 e. The molecular formula is C5H8N4O. The first-order valence-electron chi connectivity index (χ1n) is 2.66. The number of hydrogen-bond donors (Lipinski definition) is 3. The molecule has 0 saturated heterocycles. The number of nitrogens with two attached hydrogens (primary N) is 2. The number of hydrogen-bond acceptors (Lipinski definition) is 5. The number of pyridine rings is 1. The van der Waals surface area contributed by atoms with Crippen molar-refractivity contribution >= 4 is 11.5 Å². The summed E-state index contributed by atoms with van der Waals surface area (Å²) in [5.74, 6) is 5.18. The molecule has 5 nitrogen and oxygen atoms in total. The van der Waals surface area contributed by atoms with Crippen LogP contribution in [-0.2, 0) is 0 Å². The molecule has 0 aliphatic rings. The molecule has 0 spiro atoms. The lowest BCUT2D eigenvalue weighted by atomic mass is 10.4. The van der Waals surface area contributed by atoms with E-state index in [2.05, 4.69) is 4.98 Å². The molecule has 1 aromatic rings. The van der Waals surface area contributed by atoms with Crippen molar-refractivity contribution in [3.8, 4) is 0 Å². The molecule has 54 valence electrons. The molecule has 0 aromatic carbocycles. The standard InChI is InChI=1S/C5H8N4O/c6-5-4(9(7)10)2-1-3-8-5/h1-3,10H,7H2,(H2,6,8). The SMILES string of the molecule is Nc1ncccc1N(N)O. The van der Waals surface area contributed by atoms with Gasteiger partial charge in [-0.1, -0.05) is 0 Å². The molecule has 0 aliphatic carbocycles. The van der Waals surface area contributed by atoms with Gasteiger partial charge in [0.25, 0.3) is 0 Å². The molecule has 1 heterocycles. The van der Waals surface area contributed by atoms with E-state index in [-0.39, 0.29) is 5.82 Å². The van der Waals surface area contributed by atoms with E-state index in [1.54, 1.807) is 12.1 Å². The first-order chi connectivity index (χ1) is 4.72. The van der Waals surface area contributed by atoms with Crippen molar-refractivity contribution in [3.05, 3.63) is 18.3 Å². The molecule has 0 bridgehead atoms. The minimum Gasteiger partial charge on any atom is -0.382 e. The minimum atomic E-state index is 0.201. The van der Waals surface area contributed by atoms with Gasteiger partial charge in [-0.3, -0.25) is 5.21 Å². The summed E-state index contributed by atoms with van der Waals surface area (Å²) in [6, 6.07) is 3.18. The Morgan fingerprint density at radius 3 is 2.70 bits per heavy atom. The molecule has 0 aliphatic heterocycles. The summed E-state index contributed by atoms with van der Waals surface area (Å²) < 4.78 is 0. The lowest BCUT2D eigenvalue weighted by molar-refractivity contribution is 0.258. The van der Waals surface area contributed by atoms with Crippen molar-refractivity contribution in [1.82, 2.24) is 4.98 Å². The van der Waals surface area contributed by atoms with Crippen LogP contribution in [0.1, 0.15) is 0 Å². The van der Waals surface area contributed by atoms with Gasteiger partial charge in [-0.05, 0) is 12.1 Å². The highest BCUT2D eigenvalue weighted by molar-refractivity contribution is 5.60. The van der Waals surface area contributed by atoms with Crippen LogP contribution in [0.25, 0.3) is 0 Å². The largest absolute Gasteiger partial charge is 0.382 e.